The van der Waals surface area contributed by atoms with Crippen LogP contribution in [-0.4, -0.2) is 12.1 Å². The zero-order valence-corrected chi connectivity index (χ0v) is 9.36. The lowest BCUT2D eigenvalue weighted by molar-refractivity contribution is 0.414. The summed E-state index contributed by atoms with van der Waals surface area (Å²) in [6.07, 6.45) is 3.37. The summed E-state index contributed by atoms with van der Waals surface area (Å²) in [5.41, 5.74) is 1.87. The van der Waals surface area contributed by atoms with Crippen molar-refractivity contribution in [1.82, 2.24) is 4.98 Å². The van der Waals surface area contributed by atoms with Crippen LogP contribution in [0.15, 0.2) is 35.1 Å². The number of furan rings is 1. The number of ether oxygens (including phenoxy) is 1. The van der Waals surface area contributed by atoms with Gasteiger partial charge in [0.1, 0.15) is 5.76 Å². The van der Waals surface area contributed by atoms with Gasteiger partial charge in [-0.1, -0.05) is 0 Å². The van der Waals surface area contributed by atoms with Crippen molar-refractivity contribution in [1.29, 1.82) is 0 Å². The van der Waals surface area contributed by atoms with Crippen LogP contribution in [0.25, 0.3) is 0 Å². The summed E-state index contributed by atoms with van der Waals surface area (Å²) in [6, 6.07) is 5.74. The Bertz CT molecular complexity index is 452. The van der Waals surface area contributed by atoms with Gasteiger partial charge < -0.3 is 14.5 Å². The van der Waals surface area contributed by atoms with Crippen molar-refractivity contribution in [3.63, 3.8) is 0 Å². The Morgan fingerprint density at radius 3 is 3.06 bits per heavy atom. The number of aryl methyl sites for hydroxylation is 1. The fourth-order valence-electron chi connectivity index (χ4n) is 1.44. The van der Waals surface area contributed by atoms with Gasteiger partial charge in [0.25, 0.3) is 0 Å². The van der Waals surface area contributed by atoms with E-state index in [2.05, 4.69) is 10.3 Å². The monoisotopic (exact) mass is 218 g/mol. The molecule has 0 aliphatic rings. The smallest absolute Gasteiger partial charge is 0.160 e. The molecule has 2 heterocycles. The fourth-order valence-corrected chi connectivity index (χ4v) is 1.44. The Hall–Kier alpha value is -1.97. The average Bonchev–Trinajstić information content (AvgIpc) is 2.79. The molecule has 16 heavy (non-hydrogen) atoms. The van der Waals surface area contributed by atoms with Crippen molar-refractivity contribution in [3.05, 3.63) is 42.1 Å². The van der Waals surface area contributed by atoms with Crippen molar-refractivity contribution in [2.75, 3.05) is 12.4 Å². The van der Waals surface area contributed by atoms with Gasteiger partial charge in [0.15, 0.2) is 5.75 Å². The van der Waals surface area contributed by atoms with Crippen LogP contribution < -0.4 is 10.1 Å². The molecule has 4 heteroatoms. The maximum absolute atomic E-state index is 5.24. The van der Waals surface area contributed by atoms with Crippen LogP contribution in [0, 0.1) is 6.92 Å². The third kappa shape index (κ3) is 2.34. The molecule has 2 rings (SSSR count). The zero-order valence-electron chi connectivity index (χ0n) is 9.36. The lowest BCUT2D eigenvalue weighted by Gasteiger charge is -2.10. The first-order valence-electron chi connectivity index (χ1n) is 5.06. The van der Waals surface area contributed by atoms with E-state index < -0.39 is 0 Å². The molecule has 0 saturated carbocycles. The number of nitrogens with zero attached hydrogens (tertiary/aromatic N) is 1. The van der Waals surface area contributed by atoms with Gasteiger partial charge in [0.05, 0.1) is 31.8 Å². The highest BCUT2D eigenvalue weighted by Gasteiger charge is 2.04. The number of hydrogen-bond donors (Lipinski definition) is 1. The largest absolute Gasteiger partial charge is 0.493 e. The van der Waals surface area contributed by atoms with Crippen LogP contribution in [-0.2, 0) is 6.54 Å². The molecule has 0 atom stereocenters. The average molecular weight is 218 g/mol. The van der Waals surface area contributed by atoms with Crippen LogP contribution in [0.2, 0.25) is 0 Å². The summed E-state index contributed by atoms with van der Waals surface area (Å²) in [4.78, 5) is 4.17. The second-order valence-electron chi connectivity index (χ2n) is 3.46. The number of anilines is 1. The van der Waals surface area contributed by atoms with Gasteiger partial charge in [-0.25, -0.2) is 0 Å². The summed E-state index contributed by atoms with van der Waals surface area (Å²) in [6.45, 7) is 2.57. The molecule has 0 fully saturated rings. The predicted octanol–water partition coefficient (Wildman–Crippen LogP) is 2.60. The number of rotatable bonds is 4. The van der Waals surface area contributed by atoms with E-state index in [1.54, 1.807) is 19.6 Å². The summed E-state index contributed by atoms with van der Waals surface area (Å²) in [5, 5.41) is 3.25. The van der Waals surface area contributed by atoms with Gasteiger partial charge in [0, 0.05) is 5.69 Å². The molecule has 0 saturated heterocycles. The van der Waals surface area contributed by atoms with Gasteiger partial charge >= 0.3 is 0 Å². The molecule has 84 valence electrons. The van der Waals surface area contributed by atoms with E-state index in [0.717, 1.165) is 22.9 Å². The normalized spacial score (nSPS) is 10.1. The summed E-state index contributed by atoms with van der Waals surface area (Å²) < 4.78 is 10.5. The van der Waals surface area contributed by atoms with Crippen molar-refractivity contribution >= 4 is 5.69 Å². The topological polar surface area (TPSA) is 47.3 Å². The number of methoxy groups -OCH3 is 1. The third-order valence-electron chi connectivity index (χ3n) is 2.26. The highest BCUT2D eigenvalue weighted by Crippen LogP contribution is 2.23. The first-order valence-corrected chi connectivity index (χ1v) is 5.06. The SMILES string of the molecule is COc1cnc(C)cc1NCc1ccco1. The molecule has 0 radical (unpaired) electrons. The van der Waals surface area contributed by atoms with E-state index in [0.29, 0.717) is 6.54 Å². The van der Waals surface area contributed by atoms with Gasteiger partial charge in [-0.15, -0.1) is 0 Å². The number of pyridine rings is 1. The Labute approximate surface area is 94.3 Å². The maximum Gasteiger partial charge on any atom is 0.160 e. The molecule has 2 aromatic rings. The lowest BCUT2D eigenvalue weighted by atomic mass is 10.3. The molecule has 0 unspecified atom stereocenters. The van der Waals surface area contributed by atoms with Crippen LogP contribution in [0.4, 0.5) is 5.69 Å². The lowest BCUT2D eigenvalue weighted by Crippen LogP contribution is -2.01. The van der Waals surface area contributed by atoms with E-state index in [4.69, 9.17) is 9.15 Å². The van der Waals surface area contributed by atoms with E-state index in [1.807, 2.05) is 25.1 Å². The first kappa shape index (κ1) is 10.5. The highest BCUT2D eigenvalue weighted by atomic mass is 16.5. The summed E-state index contributed by atoms with van der Waals surface area (Å²) in [7, 11) is 1.63. The van der Waals surface area contributed by atoms with Crippen molar-refractivity contribution in [2.24, 2.45) is 0 Å². The maximum atomic E-state index is 5.24. The van der Waals surface area contributed by atoms with Crippen LogP contribution >= 0.6 is 0 Å². The predicted molar refractivity (Wildman–Crippen MR) is 61.6 cm³/mol. The molecular formula is C12H14N2O2. The number of aromatic nitrogens is 1. The van der Waals surface area contributed by atoms with E-state index in [1.165, 1.54) is 0 Å². The number of nitrogens with one attached hydrogen (secondary N) is 1. The van der Waals surface area contributed by atoms with Gasteiger partial charge in [-0.2, -0.15) is 0 Å². The second kappa shape index (κ2) is 4.70. The first-order chi connectivity index (χ1) is 7.79. The van der Waals surface area contributed by atoms with Crippen LogP contribution in [0.1, 0.15) is 11.5 Å². The van der Waals surface area contributed by atoms with Gasteiger partial charge in [-0.3, -0.25) is 4.98 Å². The summed E-state index contributed by atoms with van der Waals surface area (Å²) >= 11 is 0. The molecule has 0 aliphatic heterocycles. The second-order valence-corrected chi connectivity index (χ2v) is 3.46. The molecular weight excluding hydrogens is 204 g/mol. The Morgan fingerprint density at radius 1 is 1.50 bits per heavy atom. The minimum atomic E-state index is 0.632. The van der Waals surface area contributed by atoms with Crippen molar-refractivity contribution in [3.8, 4) is 5.75 Å². The minimum absolute atomic E-state index is 0.632. The highest BCUT2D eigenvalue weighted by molar-refractivity contribution is 5.55. The third-order valence-corrected chi connectivity index (χ3v) is 2.26. The molecule has 0 aromatic carbocycles. The molecule has 0 spiro atoms. The zero-order chi connectivity index (χ0) is 11.4. The Morgan fingerprint density at radius 2 is 2.38 bits per heavy atom. The Kier molecular flexibility index (Phi) is 3.10. The van der Waals surface area contributed by atoms with E-state index >= 15 is 0 Å². The van der Waals surface area contributed by atoms with E-state index in [-0.39, 0.29) is 0 Å². The minimum Gasteiger partial charge on any atom is -0.493 e. The van der Waals surface area contributed by atoms with Gasteiger partial charge in [-0.05, 0) is 25.1 Å². The van der Waals surface area contributed by atoms with Crippen molar-refractivity contribution in [2.45, 2.75) is 13.5 Å². The molecule has 0 bridgehead atoms. The standard InChI is InChI=1S/C12H14N2O2/c1-9-6-11(12(15-2)8-13-9)14-7-10-4-3-5-16-10/h3-6,8H,7H2,1-2H3,(H,13,14). The Balaban J connectivity index is 2.11. The van der Waals surface area contributed by atoms with Gasteiger partial charge in [0.2, 0.25) is 0 Å². The quantitative estimate of drug-likeness (QED) is 0.856. The molecule has 0 aliphatic carbocycles. The fraction of sp³-hybridized carbons (Fsp3) is 0.250. The molecule has 0 amide bonds. The summed E-state index contributed by atoms with van der Waals surface area (Å²) in [5.74, 6) is 1.62. The molecule has 4 nitrogen and oxygen atoms in total. The van der Waals surface area contributed by atoms with Crippen LogP contribution in [0.3, 0.4) is 0 Å². The van der Waals surface area contributed by atoms with Crippen LogP contribution in [0.5, 0.6) is 5.75 Å². The van der Waals surface area contributed by atoms with Crippen molar-refractivity contribution < 1.29 is 9.15 Å². The molecule has 1 N–H and O–H groups in total. The van der Waals surface area contributed by atoms with E-state index in [9.17, 15) is 0 Å². The molecule has 2 aromatic heterocycles. The number of hydrogen-bond acceptors (Lipinski definition) is 4.